The van der Waals surface area contributed by atoms with Gasteiger partial charge in [-0.25, -0.2) is 9.78 Å². The molecule has 0 saturated heterocycles. The standard InChI is InChI=1S/C22H26N4O2/c1-2-13-28-21-9-7-19(8-10-21)15-25-22(27)24-14-18-3-5-20(6-4-18)16-26-12-11-23-17-26/h3-12,17H,2,13-16H2,1H3,(H2,24,25,27). The van der Waals surface area contributed by atoms with Crippen LogP contribution in [0.2, 0.25) is 0 Å². The van der Waals surface area contributed by atoms with Crippen LogP contribution >= 0.6 is 0 Å². The molecule has 2 amide bonds. The van der Waals surface area contributed by atoms with E-state index in [2.05, 4.69) is 34.7 Å². The molecule has 0 fully saturated rings. The highest BCUT2D eigenvalue weighted by Gasteiger charge is 2.02. The van der Waals surface area contributed by atoms with Crippen molar-refractivity contribution in [2.75, 3.05) is 6.61 Å². The Hall–Kier alpha value is -3.28. The highest BCUT2D eigenvalue weighted by atomic mass is 16.5. The Labute approximate surface area is 165 Å². The number of amides is 2. The van der Waals surface area contributed by atoms with Gasteiger partial charge in [0.05, 0.1) is 12.9 Å². The van der Waals surface area contributed by atoms with Crippen molar-refractivity contribution in [3.8, 4) is 5.75 Å². The fourth-order valence-corrected chi connectivity index (χ4v) is 2.70. The highest BCUT2D eigenvalue weighted by molar-refractivity contribution is 5.73. The summed E-state index contributed by atoms with van der Waals surface area (Å²) in [6.45, 7) is 4.54. The monoisotopic (exact) mass is 378 g/mol. The number of nitrogens with zero attached hydrogens (tertiary/aromatic N) is 2. The van der Waals surface area contributed by atoms with E-state index in [0.717, 1.165) is 29.8 Å². The molecule has 3 aromatic rings. The molecule has 3 rings (SSSR count). The summed E-state index contributed by atoms with van der Waals surface area (Å²) in [5, 5.41) is 5.76. The SMILES string of the molecule is CCCOc1ccc(CNC(=O)NCc2ccc(Cn3ccnc3)cc2)cc1. The van der Waals surface area contributed by atoms with Crippen LogP contribution in [0.1, 0.15) is 30.0 Å². The summed E-state index contributed by atoms with van der Waals surface area (Å²) < 4.78 is 7.57. The molecule has 6 heteroatoms. The minimum atomic E-state index is -0.186. The van der Waals surface area contributed by atoms with E-state index in [1.165, 1.54) is 5.56 Å². The average Bonchev–Trinajstić information content (AvgIpc) is 3.24. The molecule has 0 aliphatic carbocycles. The molecule has 146 valence electrons. The first kappa shape index (κ1) is 19.5. The van der Waals surface area contributed by atoms with Gasteiger partial charge < -0.3 is 19.9 Å². The number of hydrogen-bond donors (Lipinski definition) is 2. The van der Waals surface area contributed by atoms with Crippen molar-refractivity contribution in [1.29, 1.82) is 0 Å². The van der Waals surface area contributed by atoms with Crippen molar-refractivity contribution >= 4 is 6.03 Å². The van der Waals surface area contributed by atoms with Crippen LogP contribution in [0.5, 0.6) is 5.75 Å². The molecule has 0 bridgehead atoms. The summed E-state index contributed by atoms with van der Waals surface area (Å²) in [5.41, 5.74) is 3.28. The normalized spacial score (nSPS) is 10.5. The van der Waals surface area contributed by atoms with Gasteiger partial charge in [0.15, 0.2) is 0 Å². The number of rotatable bonds is 9. The lowest BCUT2D eigenvalue weighted by atomic mass is 10.1. The number of hydrogen-bond acceptors (Lipinski definition) is 3. The Kier molecular flexibility index (Phi) is 7.07. The highest BCUT2D eigenvalue weighted by Crippen LogP contribution is 2.12. The Balaban J connectivity index is 1.39. The molecule has 28 heavy (non-hydrogen) atoms. The molecule has 2 N–H and O–H groups in total. The van der Waals surface area contributed by atoms with Crippen LogP contribution in [-0.4, -0.2) is 22.2 Å². The lowest BCUT2D eigenvalue weighted by Crippen LogP contribution is -2.34. The number of carbonyl (C=O) groups is 1. The Morgan fingerprint density at radius 1 is 0.964 bits per heavy atom. The first-order valence-corrected chi connectivity index (χ1v) is 9.50. The molecule has 1 heterocycles. The summed E-state index contributed by atoms with van der Waals surface area (Å²) in [6, 6.07) is 15.8. The fourth-order valence-electron chi connectivity index (χ4n) is 2.70. The van der Waals surface area contributed by atoms with Gasteiger partial charge in [0.1, 0.15) is 5.75 Å². The molecule has 0 spiro atoms. The number of carbonyl (C=O) groups excluding carboxylic acids is 1. The second kappa shape index (κ2) is 10.2. The molecule has 0 aliphatic heterocycles. The summed E-state index contributed by atoms with van der Waals surface area (Å²) in [5.74, 6) is 0.853. The molecule has 6 nitrogen and oxygen atoms in total. The summed E-state index contributed by atoms with van der Waals surface area (Å²) in [6.07, 6.45) is 6.49. The third-order valence-corrected chi connectivity index (χ3v) is 4.25. The van der Waals surface area contributed by atoms with Gasteiger partial charge in [-0.05, 0) is 35.2 Å². The van der Waals surface area contributed by atoms with E-state index < -0.39 is 0 Å². The topological polar surface area (TPSA) is 68.2 Å². The zero-order chi connectivity index (χ0) is 19.6. The predicted octanol–water partition coefficient (Wildman–Crippen LogP) is 3.72. The first-order chi connectivity index (χ1) is 13.7. The maximum Gasteiger partial charge on any atom is 0.315 e. The summed E-state index contributed by atoms with van der Waals surface area (Å²) in [7, 11) is 0. The van der Waals surface area contributed by atoms with Gasteiger partial charge in [0.25, 0.3) is 0 Å². The van der Waals surface area contributed by atoms with E-state index in [9.17, 15) is 4.79 Å². The molecule has 1 aromatic heterocycles. The largest absolute Gasteiger partial charge is 0.494 e. The smallest absolute Gasteiger partial charge is 0.315 e. The van der Waals surface area contributed by atoms with E-state index in [1.807, 2.05) is 47.2 Å². The fraction of sp³-hybridized carbons (Fsp3) is 0.273. The van der Waals surface area contributed by atoms with Crippen LogP contribution in [0.4, 0.5) is 4.79 Å². The van der Waals surface area contributed by atoms with Crippen molar-refractivity contribution in [2.45, 2.75) is 33.0 Å². The van der Waals surface area contributed by atoms with Crippen molar-refractivity contribution in [3.05, 3.63) is 83.9 Å². The van der Waals surface area contributed by atoms with Crippen molar-refractivity contribution in [1.82, 2.24) is 20.2 Å². The summed E-state index contributed by atoms with van der Waals surface area (Å²) >= 11 is 0. The molecular weight excluding hydrogens is 352 g/mol. The van der Waals surface area contributed by atoms with Crippen molar-refractivity contribution in [3.63, 3.8) is 0 Å². The lowest BCUT2D eigenvalue weighted by molar-refractivity contribution is 0.240. The van der Waals surface area contributed by atoms with E-state index in [-0.39, 0.29) is 6.03 Å². The molecular formula is C22H26N4O2. The van der Waals surface area contributed by atoms with Gasteiger partial charge in [0.2, 0.25) is 0 Å². The molecule has 0 saturated carbocycles. The quantitative estimate of drug-likeness (QED) is 0.596. The van der Waals surface area contributed by atoms with E-state index in [0.29, 0.717) is 19.7 Å². The minimum absolute atomic E-state index is 0.186. The third kappa shape index (κ3) is 6.16. The van der Waals surface area contributed by atoms with E-state index in [4.69, 9.17) is 4.74 Å². The number of aromatic nitrogens is 2. The van der Waals surface area contributed by atoms with E-state index in [1.54, 1.807) is 12.5 Å². The Morgan fingerprint density at radius 3 is 2.14 bits per heavy atom. The molecule has 0 unspecified atom stereocenters. The van der Waals surface area contributed by atoms with Gasteiger partial charge in [-0.2, -0.15) is 0 Å². The molecule has 0 atom stereocenters. The van der Waals surface area contributed by atoms with Crippen LogP contribution in [0.3, 0.4) is 0 Å². The molecule has 0 radical (unpaired) electrons. The number of urea groups is 1. The van der Waals surface area contributed by atoms with Crippen LogP contribution < -0.4 is 15.4 Å². The third-order valence-electron chi connectivity index (χ3n) is 4.25. The second-order valence-corrected chi connectivity index (χ2v) is 6.58. The van der Waals surface area contributed by atoms with Gasteiger partial charge in [-0.1, -0.05) is 43.3 Å². The number of nitrogens with one attached hydrogen (secondary N) is 2. The maximum atomic E-state index is 12.0. The number of benzene rings is 2. The number of imidazole rings is 1. The van der Waals surface area contributed by atoms with Crippen molar-refractivity contribution in [2.24, 2.45) is 0 Å². The minimum Gasteiger partial charge on any atom is -0.494 e. The van der Waals surface area contributed by atoms with Crippen LogP contribution in [0.25, 0.3) is 0 Å². The summed E-state index contributed by atoms with van der Waals surface area (Å²) in [4.78, 5) is 16.1. The van der Waals surface area contributed by atoms with Gasteiger partial charge in [-0.3, -0.25) is 0 Å². The first-order valence-electron chi connectivity index (χ1n) is 9.50. The lowest BCUT2D eigenvalue weighted by Gasteiger charge is -2.09. The van der Waals surface area contributed by atoms with Crippen molar-refractivity contribution < 1.29 is 9.53 Å². The van der Waals surface area contributed by atoms with Gasteiger partial charge >= 0.3 is 6.03 Å². The maximum absolute atomic E-state index is 12.0. The second-order valence-electron chi connectivity index (χ2n) is 6.58. The predicted molar refractivity (Wildman–Crippen MR) is 109 cm³/mol. The zero-order valence-corrected chi connectivity index (χ0v) is 16.1. The van der Waals surface area contributed by atoms with Gasteiger partial charge in [0, 0.05) is 32.0 Å². The molecule has 2 aromatic carbocycles. The average molecular weight is 378 g/mol. The van der Waals surface area contributed by atoms with E-state index >= 15 is 0 Å². The zero-order valence-electron chi connectivity index (χ0n) is 16.1. The van der Waals surface area contributed by atoms with Crippen LogP contribution in [0, 0.1) is 0 Å². The van der Waals surface area contributed by atoms with Crippen LogP contribution in [0.15, 0.2) is 67.3 Å². The number of ether oxygens (including phenoxy) is 1. The Morgan fingerprint density at radius 2 is 1.57 bits per heavy atom. The molecule has 0 aliphatic rings. The van der Waals surface area contributed by atoms with Crippen LogP contribution in [-0.2, 0) is 19.6 Å². The van der Waals surface area contributed by atoms with Gasteiger partial charge in [-0.15, -0.1) is 0 Å². The Bertz CT molecular complexity index is 843.